The maximum absolute atomic E-state index is 3.97. The van der Waals surface area contributed by atoms with E-state index in [4.69, 9.17) is 0 Å². The third-order valence-electron chi connectivity index (χ3n) is 5.91. The van der Waals surface area contributed by atoms with Crippen LogP contribution in [0.15, 0.2) is 158 Å². The molecule has 0 bridgehead atoms. The van der Waals surface area contributed by atoms with Crippen LogP contribution in [-0.2, 0) is 12.8 Å². The Balaban J connectivity index is 0.000000641. The average Bonchev–Trinajstić information content (AvgIpc) is 2.97. The molecule has 0 aromatic heterocycles. The van der Waals surface area contributed by atoms with E-state index in [-0.39, 0.29) is 103 Å². The number of benzene rings is 4. The largest absolute Gasteiger partial charge is 1.00 e. The summed E-state index contributed by atoms with van der Waals surface area (Å²) in [4.78, 5) is 0. The molecule has 0 nitrogen and oxygen atoms in total. The van der Waals surface area contributed by atoms with Crippen molar-refractivity contribution in [1.82, 2.24) is 0 Å². The fourth-order valence-electron chi connectivity index (χ4n) is 3.74. The van der Waals surface area contributed by atoms with Crippen molar-refractivity contribution in [2.45, 2.75) is 39.0 Å². The third kappa shape index (κ3) is 18.5. The molecule has 0 amide bonds. The van der Waals surface area contributed by atoms with E-state index in [9.17, 15) is 0 Å². The summed E-state index contributed by atoms with van der Waals surface area (Å²) in [5.74, 6) is 0.528. The topological polar surface area (TPSA) is 0 Å². The fraction of sp³-hybridized carbons (Fsp3) is 0.158. The van der Waals surface area contributed by atoms with Crippen LogP contribution in [-0.4, -0.2) is 0 Å². The Morgan fingerprint density at radius 1 is 0.675 bits per heavy atom. The van der Waals surface area contributed by atoms with Gasteiger partial charge in [-0.25, -0.2) is 18.6 Å². The van der Waals surface area contributed by atoms with E-state index >= 15 is 0 Å². The average molecular weight is 577 g/mol. The minimum Gasteiger partial charge on any atom is -0.242 e. The predicted molar refractivity (Wildman–Crippen MR) is 168 cm³/mol. The van der Waals surface area contributed by atoms with Crippen LogP contribution in [0.3, 0.4) is 0 Å². The zero-order valence-corrected chi connectivity index (χ0v) is 31.3. The van der Waals surface area contributed by atoms with Gasteiger partial charge in [-0.1, -0.05) is 147 Å². The van der Waals surface area contributed by atoms with Crippen LogP contribution in [0.25, 0.3) is 0 Å². The van der Waals surface area contributed by atoms with Gasteiger partial charge in [0.25, 0.3) is 0 Å². The van der Waals surface area contributed by atoms with Crippen molar-refractivity contribution < 1.29 is 103 Å². The molecule has 0 aliphatic heterocycles. The van der Waals surface area contributed by atoms with Crippen molar-refractivity contribution >= 4 is 0 Å². The standard InChI is InChI=1S/C19H21.C14H13.C5H8.2K/c1-16(2)13-14-19(18-11-7-4-8-12-18)15-17-9-5-3-6-10-17;1-3-7-13(8-4-1)11-12-14-9-5-2-6-10-14;1-4-5(2)3;;/h3-13,19H,1,14-15H2,2H3;1-11H,12H2;4H,1-2H2,3H3;;/q2*-1;;2*+1. The smallest absolute Gasteiger partial charge is 0.242 e. The van der Waals surface area contributed by atoms with E-state index in [2.05, 4.69) is 149 Å². The first-order chi connectivity index (χ1) is 18.5. The molecule has 0 heterocycles. The Kier molecular flexibility index (Phi) is 24.1. The van der Waals surface area contributed by atoms with E-state index in [0.717, 1.165) is 30.4 Å². The first-order valence-corrected chi connectivity index (χ1v) is 13.3. The van der Waals surface area contributed by atoms with Crippen molar-refractivity contribution in [3.63, 3.8) is 0 Å². The summed E-state index contributed by atoms with van der Waals surface area (Å²) in [6, 6.07) is 42.4. The molecule has 1 atom stereocenters. The second-order valence-electron chi connectivity index (χ2n) is 9.44. The van der Waals surface area contributed by atoms with Gasteiger partial charge in [-0.2, -0.15) is 24.1 Å². The van der Waals surface area contributed by atoms with Gasteiger partial charge in [0, 0.05) is 0 Å². The SMILES string of the molecule is C=C(C)[CH-]CC(Cc1ccccc1)c1ccccc1.C=CC(=C)C.[K+].[K+].c1ccc([CH-]Cc2ccccc2)cc1. The maximum Gasteiger partial charge on any atom is 1.00 e. The van der Waals surface area contributed by atoms with Crippen molar-refractivity contribution in [2.75, 3.05) is 0 Å². The monoisotopic (exact) mass is 576 g/mol. The summed E-state index contributed by atoms with van der Waals surface area (Å²) in [6.07, 6.45) is 9.34. The van der Waals surface area contributed by atoms with Crippen molar-refractivity contribution in [2.24, 2.45) is 0 Å². The molecule has 0 N–H and O–H groups in total. The Labute approximate surface area is 329 Å². The summed E-state index contributed by atoms with van der Waals surface area (Å²) in [7, 11) is 0. The molecule has 40 heavy (non-hydrogen) atoms. The Hall–Kier alpha value is -0.887. The van der Waals surface area contributed by atoms with Gasteiger partial charge in [0.2, 0.25) is 0 Å². The molecule has 1 unspecified atom stereocenters. The quantitative estimate of drug-likeness (QED) is 0.149. The first kappa shape index (κ1) is 39.1. The Bertz CT molecular complexity index is 1140. The number of hydrogen-bond acceptors (Lipinski definition) is 0. The van der Waals surface area contributed by atoms with E-state index in [1.165, 1.54) is 22.3 Å². The van der Waals surface area contributed by atoms with Crippen LogP contribution in [0, 0.1) is 12.8 Å². The second kappa shape index (κ2) is 24.7. The number of rotatable bonds is 10. The molecule has 0 aliphatic carbocycles. The molecule has 0 fully saturated rings. The number of allylic oxidation sites excluding steroid dienone is 3. The predicted octanol–water partition coefficient (Wildman–Crippen LogP) is 4.42. The Morgan fingerprint density at radius 2 is 1.10 bits per heavy atom. The molecule has 0 spiro atoms. The summed E-state index contributed by atoms with van der Waals surface area (Å²) in [5.41, 5.74) is 7.61. The van der Waals surface area contributed by atoms with E-state index in [1.807, 2.05) is 19.1 Å². The van der Waals surface area contributed by atoms with Gasteiger partial charge in [-0.15, -0.1) is 12.1 Å². The summed E-state index contributed by atoms with van der Waals surface area (Å²) in [6.45, 7) is 15.0. The van der Waals surface area contributed by atoms with Crippen LogP contribution < -0.4 is 103 Å². The fourth-order valence-corrected chi connectivity index (χ4v) is 3.74. The zero-order chi connectivity index (χ0) is 27.4. The molecule has 4 rings (SSSR count). The van der Waals surface area contributed by atoms with Gasteiger partial charge < -0.3 is 0 Å². The summed E-state index contributed by atoms with van der Waals surface area (Å²) in [5, 5.41) is 0. The summed E-state index contributed by atoms with van der Waals surface area (Å²) >= 11 is 0. The molecule has 196 valence electrons. The van der Waals surface area contributed by atoms with Crippen molar-refractivity contribution in [1.29, 1.82) is 0 Å². The molecule has 0 radical (unpaired) electrons. The van der Waals surface area contributed by atoms with E-state index in [0.29, 0.717) is 5.92 Å². The van der Waals surface area contributed by atoms with Crippen molar-refractivity contribution in [3.05, 3.63) is 193 Å². The molecule has 0 saturated carbocycles. The molecular weight excluding hydrogens is 535 g/mol. The molecule has 2 heteroatoms. The van der Waals surface area contributed by atoms with Crippen LogP contribution in [0.1, 0.15) is 48.4 Å². The zero-order valence-electron chi connectivity index (χ0n) is 25.1. The van der Waals surface area contributed by atoms with E-state index in [1.54, 1.807) is 6.08 Å². The van der Waals surface area contributed by atoms with Gasteiger partial charge in [-0.05, 0) is 30.4 Å². The molecular formula is C38H42K2. The minimum absolute atomic E-state index is 0. The van der Waals surface area contributed by atoms with Gasteiger partial charge >= 0.3 is 103 Å². The van der Waals surface area contributed by atoms with Gasteiger partial charge in [0.15, 0.2) is 0 Å². The molecule has 4 aromatic rings. The van der Waals surface area contributed by atoms with Crippen LogP contribution in [0.4, 0.5) is 0 Å². The molecule has 4 aromatic carbocycles. The minimum atomic E-state index is 0. The third-order valence-corrected chi connectivity index (χ3v) is 5.91. The normalized spacial score (nSPS) is 9.85. The van der Waals surface area contributed by atoms with Gasteiger partial charge in [0.1, 0.15) is 0 Å². The Morgan fingerprint density at radius 3 is 1.55 bits per heavy atom. The van der Waals surface area contributed by atoms with Crippen LogP contribution in [0.5, 0.6) is 0 Å². The maximum atomic E-state index is 3.97. The second-order valence-corrected chi connectivity index (χ2v) is 9.44. The number of hydrogen-bond donors (Lipinski definition) is 0. The summed E-state index contributed by atoms with van der Waals surface area (Å²) < 4.78 is 0. The molecule has 0 aliphatic rings. The van der Waals surface area contributed by atoms with E-state index < -0.39 is 0 Å². The van der Waals surface area contributed by atoms with Gasteiger partial charge in [-0.3, -0.25) is 0 Å². The van der Waals surface area contributed by atoms with Crippen LogP contribution in [0.2, 0.25) is 0 Å². The molecule has 0 saturated heterocycles. The van der Waals surface area contributed by atoms with Crippen LogP contribution >= 0.6 is 0 Å². The first-order valence-electron chi connectivity index (χ1n) is 13.3. The van der Waals surface area contributed by atoms with Gasteiger partial charge in [0.05, 0.1) is 0 Å². The van der Waals surface area contributed by atoms with Crippen molar-refractivity contribution in [3.8, 4) is 0 Å².